The van der Waals surface area contributed by atoms with Gasteiger partial charge in [-0.15, -0.1) is 0 Å². The van der Waals surface area contributed by atoms with Crippen LogP contribution in [0, 0.1) is 19.8 Å². The molecule has 4 rings (SSSR count). The number of ether oxygens (including phenoxy) is 1. The summed E-state index contributed by atoms with van der Waals surface area (Å²) < 4.78 is 5.63. The van der Waals surface area contributed by atoms with E-state index in [9.17, 15) is 9.90 Å². The number of hydrogen-bond donors (Lipinski definition) is 3. The van der Waals surface area contributed by atoms with Gasteiger partial charge in [0.15, 0.2) is 0 Å². The molecule has 0 atom stereocenters. The minimum atomic E-state index is -0.879. The first-order valence-corrected chi connectivity index (χ1v) is 10.6. The summed E-state index contributed by atoms with van der Waals surface area (Å²) in [6.07, 6.45) is 4.10. The van der Waals surface area contributed by atoms with Crippen LogP contribution in [0.4, 0.5) is 0 Å². The van der Waals surface area contributed by atoms with Gasteiger partial charge in [-0.1, -0.05) is 25.1 Å². The molecule has 1 aromatic heterocycles. The van der Waals surface area contributed by atoms with E-state index in [0.29, 0.717) is 5.56 Å². The van der Waals surface area contributed by atoms with Gasteiger partial charge in [0.1, 0.15) is 5.75 Å². The van der Waals surface area contributed by atoms with Crippen LogP contribution in [-0.4, -0.2) is 52.9 Å². The largest absolute Gasteiger partial charge is 1.00 e. The van der Waals surface area contributed by atoms with Crippen molar-refractivity contribution in [3.05, 3.63) is 72.8 Å². The number of nitrogens with zero attached hydrogens (tertiary/aromatic N) is 1. The van der Waals surface area contributed by atoms with E-state index in [-0.39, 0.29) is 88.3 Å². The Morgan fingerprint density at radius 3 is 2.33 bits per heavy atom. The fraction of sp³-hybridized carbons (Fsp3) is 0.385. The van der Waals surface area contributed by atoms with Crippen molar-refractivity contribution in [3.8, 4) is 5.75 Å². The molecule has 6 nitrogen and oxygen atoms in total. The molecule has 0 amide bonds. The average molecular weight is 572 g/mol. The number of aromatic nitrogens is 1. The van der Waals surface area contributed by atoms with Crippen molar-refractivity contribution in [3.63, 3.8) is 0 Å². The predicted octanol–water partition coefficient (Wildman–Crippen LogP) is 1.92. The normalized spacial score (nSPS) is 14.9. The van der Waals surface area contributed by atoms with Gasteiger partial charge in [-0.2, -0.15) is 0 Å². The third kappa shape index (κ3) is 7.87. The number of carboxylic acid groups (broad SMARTS) is 1. The summed E-state index contributed by atoms with van der Waals surface area (Å²) in [6, 6.07) is 12.6. The summed E-state index contributed by atoms with van der Waals surface area (Å²) in [4.78, 5) is 16.0. The first-order chi connectivity index (χ1) is 14.9. The fourth-order valence-corrected chi connectivity index (χ4v) is 3.99. The van der Waals surface area contributed by atoms with Crippen LogP contribution in [0.25, 0.3) is 10.9 Å². The van der Waals surface area contributed by atoms with Gasteiger partial charge in [-0.3, -0.25) is 4.90 Å². The third-order valence-corrected chi connectivity index (χ3v) is 6.18. The van der Waals surface area contributed by atoms with Crippen molar-refractivity contribution in [1.82, 2.24) is 9.88 Å². The summed E-state index contributed by atoms with van der Waals surface area (Å²) >= 11 is 0. The molecule has 2 heterocycles. The van der Waals surface area contributed by atoms with Crippen LogP contribution in [0.15, 0.2) is 48.7 Å². The van der Waals surface area contributed by atoms with Gasteiger partial charge in [0, 0.05) is 35.8 Å². The number of aromatic amines is 1. The molecule has 1 fully saturated rings. The minimum absolute atomic E-state index is 0. The summed E-state index contributed by atoms with van der Waals surface area (Å²) in [7, 11) is 1.75. The van der Waals surface area contributed by atoms with E-state index in [1.165, 1.54) is 22.0 Å². The van der Waals surface area contributed by atoms with Crippen LogP contribution in [0.3, 0.4) is 0 Å². The van der Waals surface area contributed by atoms with Crippen molar-refractivity contribution in [2.75, 3.05) is 26.8 Å². The first kappa shape index (κ1) is 30.3. The number of carbonyl (C=O) groups is 1. The van der Waals surface area contributed by atoms with E-state index in [1.807, 2.05) is 6.20 Å². The van der Waals surface area contributed by atoms with Gasteiger partial charge in [-0.25, -0.2) is 4.79 Å². The zero-order valence-electron chi connectivity index (χ0n) is 20.5. The molecule has 1 aliphatic rings. The zero-order chi connectivity index (χ0) is 22.4. The molecule has 3 N–H and O–H groups in total. The molecule has 0 aliphatic carbocycles. The van der Waals surface area contributed by atoms with Crippen LogP contribution >= 0.6 is 0 Å². The minimum Gasteiger partial charge on any atom is -0.496 e. The molecule has 0 saturated carbocycles. The average Bonchev–Trinajstić information content (AvgIpc) is 3.29. The van der Waals surface area contributed by atoms with E-state index in [4.69, 9.17) is 9.84 Å². The van der Waals surface area contributed by atoms with E-state index in [0.717, 1.165) is 38.2 Å². The number of rotatable bonds is 5. The third-order valence-electron chi connectivity index (χ3n) is 6.18. The van der Waals surface area contributed by atoms with Crippen molar-refractivity contribution < 1.29 is 88.6 Å². The molecular formula is C26H35CsN2O4. The molecule has 1 saturated heterocycles. The van der Waals surface area contributed by atoms with Gasteiger partial charge in [-0.05, 0) is 68.1 Å². The van der Waals surface area contributed by atoms with Gasteiger partial charge in [0.25, 0.3) is 0 Å². The Kier molecular flexibility index (Phi) is 12.8. The van der Waals surface area contributed by atoms with E-state index < -0.39 is 5.97 Å². The topological polar surface area (TPSA) is 85.8 Å². The Labute approximate surface area is 256 Å². The van der Waals surface area contributed by atoms with E-state index >= 15 is 0 Å². The number of H-pyrrole nitrogens is 1. The number of hydrogen-bond acceptors (Lipinski definition) is 4. The molecule has 2 aromatic carbocycles. The first-order valence-electron chi connectivity index (χ1n) is 10.6. The number of aryl methyl sites for hydroxylation is 1. The molecule has 0 spiro atoms. The molecule has 1 aliphatic heterocycles. The van der Waals surface area contributed by atoms with Crippen LogP contribution in [0.2, 0.25) is 0 Å². The maximum atomic E-state index is 10.2. The number of likely N-dealkylation sites (tertiary alicyclic amines) is 1. The standard InChI is InChI=1S/C18H26N2O2.C7H6O2.CH3.Cs/c1-13-10-16(22-3)15(14-4-7-19-17(13)14)11-20-8-5-18(2,12-21)6-9-20;8-7(9)6-4-2-1-3-5-6;;/h4,7,10,19,21H,5-6,8-9,11-12H2,1-3H3;1-5H,(H,8,9);1H3;/q;;-1;+1. The Bertz CT molecular complexity index is 1010. The maximum Gasteiger partial charge on any atom is 1.00 e. The molecule has 3 aromatic rings. The quantitative estimate of drug-likeness (QED) is 0.407. The number of aliphatic hydroxyl groups excluding tert-OH is 1. The van der Waals surface area contributed by atoms with E-state index in [1.54, 1.807) is 37.4 Å². The Hall–Kier alpha value is -0.778. The second-order valence-corrected chi connectivity index (χ2v) is 8.56. The van der Waals surface area contributed by atoms with Crippen LogP contribution < -0.4 is 73.6 Å². The molecule has 174 valence electrons. The van der Waals surface area contributed by atoms with Crippen molar-refractivity contribution in [2.24, 2.45) is 5.41 Å². The van der Waals surface area contributed by atoms with Crippen molar-refractivity contribution in [1.29, 1.82) is 0 Å². The van der Waals surface area contributed by atoms with Crippen molar-refractivity contribution >= 4 is 16.9 Å². The second kappa shape index (κ2) is 13.9. The van der Waals surface area contributed by atoms with Gasteiger partial charge in [0.05, 0.1) is 12.7 Å². The van der Waals surface area contributed by atoms with E-state index in [2.05, 4.69) is 35.9 Å². The Morgan fingerprint density at radius 2 is 1.82 bits per heavy atom. The molecule has 0 bridgehead atoms. The van der Waals surface area contributed by atoms with Crippen molar-refractivity contribution in [2.45, 2.75) is 33.2 Å². The number of fused-ring (bicyclic) bond motifs is 1. The number of carboxylic acids is 1. The van der Waals surface area contributed by atoms with Crippen LogP contribution in [0.1, 0.15) is 41.3 Å². The Balaban J connectivity index is 0.000000422. The molecular weight excluding hydrogens is 537 g/mol. The summed E-state index contributed by atoms with van der Waals surface area (Å²) in [5, 5.41) is 19.2. The SMILES string of the molecule is COc1cc(C)c2[nH]ccc2c1CN1CCC(C)(CO)CC1.O=C(O)c1ccccc1.[CH3-].[Cs+]. The number of aliphatic hydroxyl groups is 1. The van der Waals surface area contributed by atoms with Gasteiger partial charge < -0.3 is 27.4 Å². The number of nitrogens with one attached hydrogen (secondary N) is 1. The summed E-state index contributed by atoms with van der Waals surface area (Å²) in [6.45, 7) is 7.54. The summed E-state index contributed by atoms with van der Waals surface area (Å²) in [5.41, 5.74) is 4.10. The number of benzene rings is 2. The second-order valence-electron chi connectivity index (χ2n) is 8.56. The van der Waals surface area contributed by atoms with Crippen LogP contribution in [-0.2, 0) is 6.54 Å². The molecule has 0 radical (unpaired) electrons. The smallest absolute Gasteiger partial charge is 0.496 e. The molecule has 33 heavy (non-hydrogen) atoms. The van der Waals surface area contributed by atoms with Crippen LogP contribution in [0.5, 0.6) is 5.75 Å². The fourth-order valence-electron chi connectivity index (χ4n) is 3.99. The molecule has 7 heteroatoms. The predicted molar refractivity (Wildman–Crippen MR) is 129 cm³/mol. The Morgan fingerprint density at radius 1 is 1.18 bits per heavy atom. The van der Waals surface area contributed by atoms with Gasteiger partial charge in [0.2, 0.25) is 0 Å². The number of aromatic carboxylic acids is 1. The number of piperidine rings is 1. The number of methoxy groups -OCH3 is 1. The maximum absolute atomic E-state index is 10.2. The molecule has 0 unspecified atom stereocenters. The monoisotopic (exact) mass is 572 g/mol. The van der Waals surface area contributed by atoms with Gasteiger partial charge >= 0.3 is 74.9 Å². The summed E-state index contributed by atoms with van der Waals surface area (Å²) in [5.74, 6) is 0.0932. The zero-order valence-corrected chi connectivity index (χ0v) is 26.8.